The SMILES string of the molecule is CCOS(=O)(=O)c1ccnc2ccccc12. The molecule has 4 nitrogen and oxygen atoms in total. The molecule has 0 amide bonds. The normalized spacial score (nSPS) is 11.8. The van der Waals surface area contributed by atoms with Crippen LogP contribution in [-0.2, 0) is 14.3 Å². The highest BCUT2D eigenvalue weighted by Gasteiger charge is 2.17. The minimum absolute atomic E-state index is 0.124. The van der Waals surface area contributed by atoms with E-state index in [1.165, 1.54) is 12.3 Å². The molecule has 1 aromatic carbocycles. The van der Waals surface area contributed by atoms with E-state index in [9.17, 15) is 8.42 Å². The molecule has 1 aromatic heterocycles. The maximum Gasteiger partial charge on any atom is 0.297 e. The molecule has 16 heavy (non-hydrogen) atoms. The van der Waals surface area contributed by atoms with Crippen LogP contribution in [0.15, 0.2) is 41.4 Å². The summed E-state index contributed by atoms with van der Waals surface area (Å²) in [6.45, 7) is 1.76. The molecule has 2 aromatic rings. The molecular formula is C11H11NO3S. The molecular weight excluding hydrogens is 226 g/mol. The number of hydrogen-bond acceptors (Lipinski definition) is 4. The van der Waals surface area contributed by atoms with Gasteiger partial charge >= 0.3 is 0 Å². The monoisotopic (exact) mass is 237 g/mol. The maximum atomic E-state index is 11.8. The lowest BCUT2D eigenvalue weighted by Gasteiger charge is -2.06. The molecule has 0 fully saturated rings. The van der Waals surface area contributed by atoms with Crippen LogP contribution >= 0.6 is 0 Å². The number of aromatic nitrogens is 1. The van der Waals surface area contributed by atoms with Gasteiger partial charge in [0.15, 0.2) is 0 Å². The molecule has 0 atom stereocenters. The van der Waals surface area contributed by atoms with Gasteiger partial charge in [-0.25, -0.2) is 0 Å². The standard InChI is InChI=1S/C11H11NO3S/c1-2-15-16(13,14)11-7-8-12-10-6-4-3-5-9(10)11/h3-8H,2H2,1H3. The van der Waals surface area contributed by atoms with Crippen molar-refractivity contribution in [3.05, 3.63) is 36.5 Å². The van der Waals surface area contributed by atoms with Crippen LogP contribution in [0.4, 0.5) is 0 Å². The summed E-state index contributed by atoms with van der Waals surface area (Å²) in [5, 5.41) is 0.582. The Hall–Kier alpha value is -1.46. The zero-order valence-electron chi connectivity index (χ0n) is 8.75. The van der Waals surface area contributed by atoms with Crippen molar-refractivity contribution in [1.29, 1.82) is 0 Å². The van der Waals surface area contributed by atoms with Gasteiger partial charge < -0.3 is 0 Å². The van der Waals surface area contributed by atoms with Gasteiger partial charge in [0.2, 0.25) is 0 Å². The van der Waals surface area contributed by atoms with Gasteiger partial charge in [0, 0.05) is 11.6 Å². The second-order valence-electron chi connectivity index (χ2n) is 3.19. The third-order valence-corrected chi connectivity index (χ3v) is 3.59. The van der Waals surface area contributed by atoms with Gasteiger partial charge in [-0.1, -0.05) is 18.2 Å². The summed E-state index contributed by atoms with van der Waals surface area (Å²) in [6, 6.07) is 8.52. The second kappa shape index (κ2) is 4.19. The summed E-state index contributed by atoms with van der Waals surface area (Å²) in [7, 11) is -3.68. The number of fused-ring (bicyclic) bond motifs is 1. The number of pyridine rings is 1. The molecule has 0 saturated carbocycles. The van der Waals surface area contributed by atoms with Gasteiger partial charge in [0.25, 0.3) is 10.1 Å². The van der Waals surface area contributed by atoms with Gasteiger partial charge in [-0.2, -0.15) is 8.42 Å². The highest BCUT2D eigenvalue weighted by molar-refractivity contribution is 7.87. The summed E-state index contributed by atoms with van der Waals surface area (Å²) >= 11 is 0. The quantitative estimate of drug-likeness (QED) is 0.766. The molecule has 84 valence electrons. The first-order valence-corrected chi connectivity index (χ1v) is 6.29. The van der Waals surface area contributed by atoms with Crippen molar-refractivity contribution in [3.63, 3.8) is 0 Å². The minimum atomic E-state index is -3.68. The first kappa shape index (κ1) is 11.0. The number of rotatable bonds is 3. The lowest BCUT2D eigenvalue weighted by Crippen LogP contribution is -2.06. The van der Waals surface area contributed by atoms with E-state index < -0.39 is 10.1 Å². The molecule has 0 N–H and O–H groups in total. The van der Waals surface area contributed by atoms with Crippen molar-refractivity contribution in [1.82, 2.24) is 4.98 Å². The Balaban J connectivity index is 2.70. The third kappa shape index (κ3) is 1.91. The van der Waals surface area contributed by atoms with E-state index >= 15 is 0 Å². The minimum Gasteiger partial charge on any atom is -0.267 e. The average molecular weight is 237 g/mol. The lowest BCUT2D eigenvalue weighted by molar-refractivity contribution is 0.338. The van der Waals surface area contributed by atoms with Gasteiger partial charge in [-0.05, 0) is 19.1 Å². The lowest BCUT2D eigenvalue weighted by atomic mass is 10.2. The highest BCUT2D eigenvalue weighted by atomic mass is 32.2. The zero-order valence-corrected chi connectivity index (χ0v) is 9.57. The van der Waals surface area contributed by atoms with Crippen LogP contribution in [-0.4, -0.2) is 20.0 Å². The van der Waals surface area contributed by atoms with Crippen molar-refractivity contribution in [3.8, 4) is 0 Å². The maximum absolute atomic E-state index is 11.8. The molecule has 0 aliphatic rings. The largest absolute Gasteiger partial charge is 0.297 e. The van der Waals surface area contributed by atoms with Crippen LogP contribution in [0.25, 0.3) is 10.9 Å². The summed E-state index contributed by atoms with van der Waals surface area (Å²) in [5.74, 6) is 0. The van der Waals surface area contributed by atoms with Crippen molar-refractivity contribution in [2.45, 2.75) is 11.8 Å². The number of para-hydroxylation sites is 1. The molecule has 0 saturated heterocycles. The van der Waals surface area contributed by atoms with Crippen molar-refractivity contribution in [2.75, 3.05) is 6.61 Å². The zero-order chi connectivity index (χ0) is 11.6. The smallest absolute Gasteiger partial charge is 0.267 e. The van der Waals surface area contributed by atoms with E-state index in [0.29, 0.717) is 10.9 Å². The van der Waals surface area contributed by atoms with E-state index in [-0.39, 0.29) is 11.5 Å². The van der Waals surface area contributed by atoms with Crippen LogP contribution in [0.1, 0.15) is 6.92 Å². The molecule has 0 aliphatic carbocycles. The van der Waals surface area contributed by atoms with Gasteiger partial charge in [-0.15, -0.1) is 0 Å². The molecule has 5 heteroatoms. The second-order valence-corrected chi connectivity index (χ2v) is 4.77. The Labute approximate surface area is 94.0 Å². The van der Waals surface area contributed by atoms with Crippen LogP contribution in [0.2, 0.25) is 0 Å². The fourth-order valence-corrected chi connectivity index (χ4v) is 2.61. The summed E-state index contributed by atoms with van der Waals surface area (Å²) in [6.07, 6.45) is 1.47. The van der Waals surface area contributed by atoms with E-state index in [2.05, 4.69) is 4.98 Å². The summed E-state index contributed by atoms with van der Waals surface area (Å²) < 4.78 is 28.4. The van der Waals surface area contributed by atoms with E-state index in [4.69, 9.17) is 4.18 Å². The predicted octanol–water partition coefficient (Wildman–Crippen LogP) is 1.96. The molecule has 0 radical (unpaired) electrons. The Morgan fingerprint density at radius 2 is 2.00 bits per heavy atom. The summed E-state index contributed by atoms with van der Waals surface area (Å²) in [4.78, 5) is 4.26. The van der Waals surface area contributed by atoms with Crippen molar-refractivity contribution < 1.29 is 12.6 Å². The molecule has 0 bridgehead atoms. The summed E-state index contributed by atoms with van der Waals surface area (Å²) in [5.41, 5.74) is 0.642. The van der Waals surface area contributed by atoms with E-state index in [0.717, 1.165) is 0 Å². The first-order chi connectivity index (χ1) is 7.65. The molecule has 2 rings (SSSR count). The number of benzene rings is 1. The first-order valence-electron chi connectivity index (χ1n) is 4.88. The Kier molecular flexibility index (Phi) is 2.89. The number of nitrogens with zero attached hydrogens (tertiary/aromatic N) is 1. The van der Waals surface area contributed by atoms with Crippen LogP contribution < -0.4 is 0 Å². The van der Waals surface area contributed by atoms with E-state index in [1.54, 1.807) is 25.1 Å². The predicted molar refractivity (Wildman–Crippen MR) is 60.6 cm³/mol. The molecule has 0 unspecified atom stereocenters. The fourth-order valence-electron chi connectivity index (χ4n) is 1.51. The fraction of sp³-hybridized carbons (Fsp3) is 0.182. The Morgan fingerprint density at radius 3 is 2.75 bits per heavy atom. The van der Waals surface area contributed by atoms with Crippen molar-refractivity contribution in [2.24, 2.45) is 0 Å². The number of hydrogen-bond donors (Lipinski definition) is 0. The van der Waals surface area contributed by atoms with Crippen LogP contribution in [0.5, 0.6) is 0 Å². The molecule has 0 aliphatic heterocycles. The van der Waals surface area contributed by atoms with Crippen LogP contribution in [0.3, 0.4) is 0 Å². The Morgan fingerprint density at radius 1 is 1.25 bits per heavy atom. The van der Waals surface area contributed by atoms with Gasteiger partial charge in [-0.3, -0.25) is 9.17 Å². The molecule has 1 heterocycles. The third-order valence-electron chi connectivity index (χ3n) is 2.15. The topological polar surface area (TPSA) is 56.3 Å². The van der Waals surface area contributed by atoms with Gasteiger partial charge in [0.05, 0.1) is 12.1 Å². The van der Waals surface area contributed by atoms with Crippen LogP contribution in [0, 0.1) is 0 Å². The average Bonchev–Trinajstić information content (AvgIpc) is 2.28. The highest BCUT2D eigenvalue weighted by Crippen LogP contribution is 2.22. The van der Waals surface area contributed by atoms with Crippen molar-refractivity contribution >= 4 is 21.0 Å². The molecule has 0 spiro atoms. The Bertz CT molecular complexity index is 602. The van der Waals surface area contributed by atoms with Gasteiger partial charge in [0.1, 0.15) is 4.90 Å². The van der Waals surface area contributed by atoms with E-state index in [1.807, 2.05) is 6.07 Å².